The highest BCUT2D eigenvalue weighted by molar-refractivity contribution is 5.86. The van der Waals surface area contributed by atoms with Gasteiger partial charge in [0, 0.05) is 120 Å². The number of H-pyrrole nitrogens is 2. The Morgan fingerprint density at radius 3 is 1.87 bits per heavy atom. The molecule has 0 amide bonds. The van der Waals surface area contributed by atoms with Gasteiger partial charge in [-0.05, 0) is 261 Å². The van der Waals surface area contributed by atoms with Crippen molar-refractivity contribution in [3.8, 4) is 17.2 Å². The van der Waals surface area contributed by atoms with Crippen LogP contribution in [0.4, 0.5) is 4.39 Å². The number of nitrogens with one attached hydrogen (secondary N) is 3. The average Bonchev–Trinajstić information content (AvgIpc) is 1.63. The van der Waals surface area contributed by atoms with Gasteiger partial charge in [-0.15, -0.1) is 0 Å². The molecule has 13 aromatic rings. The Balaban J connectivity index is 0.000000141. The Bertz CT molecular complexity index is 6590. The number of aromatic hydroxyl groups is 3. The van der Waals surface area contributed by atoms with E-state index in [1.54, 1.807) is 71.3 Å². The van der Waals surface area contributed by atoms with Crippen LogP contribution in [-0.4, -0.2) is 61.1 Å². The molecule has 0 spiro atoms. The molecule has 2 atom stereocenters. The van der Waals surface area contributed by atoms with Crippen LogP contribution in [0.5, 0.6) is 17.2 Å². The summed E-state index contributed by atoms with van der Waals surface area (Å²) in [6.07, 6.45) is 29.7. The van der Waals surface area contributed by atoms with E-state index in [0.717, 1.165) is 93.2 Å². The Kier molecular flexibility index (Phi) is 33.4. The zero-order chi connectivity index (χ0) is 95.1. The van der Waals surface area contributed by atoms with Gasteiger partial charge in [-0.2, -0.15) is 0 Å². The third-order valence-corrected chi connectivity index (χ3v) is 25.0. The van der Waals surface area contributed by atoms with Crippen LogP contribution in [0.2, 0.25) is 0 Å². The molecular weight excluding hydrogens is 1620 g/mol. The van der Waals surface area contributed by atoms with Crippen LogP contribution in [0.15, 0.2) is 274 Å². The number of rotatable bonds is 10. The van der Waals surface area contributed by atoms with Gasteiger partial charge in [0.1, 0.15) is 41.1 Å². The van der Waals surface area contributed by atoms with Crippen LogP contribution in [0.3, 0.4) is 0 Å². The smallest absolute Gasteiger partial charge is 0.184 e. The highest BCUT2D eigenvalue weighted by Gasteiger charge is 2.30. The first kappa shape index (κ1) is 98.9. The minimum atomic E-state index is -0.132. The van der Waals surface area contributed by atoms with Crippen LogP contribution >= 0.6 is 0 Å². The molecule has 5 aliphatic carbocycles. The lowest BCUT2D eigenvalue weighted by Gasteiger charge is -2.27. The van der Waals surface area contributed by atoms with Crippen LogP contribution in [-0.2, 0) is 39.2 Å². The number of imidazole rings is 1. The number of hydrogen-bond donors (Lipinski definition) is 7. The number of fused-ring (bicyclic) bond motifs is 10. The molecule has 2 unspecified atom stereocenters. The summed E-state index contributed by atoms with van der Waals surface area (Å²) in [7, 11) is 1.99. The summed E-state index contributed by atoms with van der Waals surface area (Å²) >= 11 is 0. The van der Waals surface area contributed by atoms with Gasteiger partial charge in [0.05, 0.1) is 27.8 Å². The fourth-order valence-electron chi connectivity index (χ4n) is 18.6. The van der Waals surface area contributed by atoms with E-state index in [9.17, 15) is 34.4 Å². The second-order valence-electron chi connectivity index (χ2n) is 38.5. The molecular formula is C115H140FN9O6. The molecule has 0 saturated carbocycles. The van der Waals surface area contributed by atoms with E-state index in [-0.39, 0.29) is 22.4 Å². The molecule has 9 heterocycles. The number of aromatic amines is 2. The lowest BCUT2D eigenvalue weighted by molar-refractivity contribution is 0.408. The molecule has 7 N–H and O–H groups in total. The van der Waals surface area contributed by atoms with Crippen molar-refractivity contribution in [1.29, 1.82) is 0 Å². The molecule has 15 nitrogen and oxygen atoms in total. The number of benzene rings is 6. The van der Waals surface area contributed by atoms with E-state index in [1.165, 1.54) is 83.8 Å². The fraction of sp³-hybridized carbons (Fsp3) is 0.357. The maximum atomic E-state index is 13.0. The van der Waals surface area contributed by atoms with E-state index >= 15 is 0 Å². The number of halogens is 1. The maximum absolute atomic E-state index is 13.0. The zero-order valence-corrected chi connectivity index (χ0v) is 81.5. The Morgan fingerprint density at radius 1 is 0.519 bits per heavy atom. The number of aliphatic hydroxyl groups is 1. The van der Waals surface area contributed by atoms with Crippen molar-refractivity contribution in [1.82, 2.24) is 33.3 Å². The molecule has 7 aliphatic rings. The highest BCUT2D eigenvalue weighted by atomic mass is 19.1. The van der Waals surface area contributed by atoms with Gasteiger partial charge in [0.2, 0.25) is 0 Å². The van der Waals surface area contributed by atoms with E-state index in [4.69, 9.17) is 0 Å². The van der Waals surface area contributed by atoms with E-state index in [1.807, 2.05) is 106 Å². The summed E-state index contributed by atoms with van der Waals surface area (Å²) in [4.78, 5) is 34.0. The second-order valence-corrected chi connectivity index (χ2v) is 38.5. The molecule has 6 aromatic carbocycles. The molecule has 20 rings (SSSR count). The lowest BCUT2D eigenvalue weighted by atomic mass is 9.84. The van der Waals surface area contributed by atoms with Gasteiger partial charge in [-0.25, -0.2) is 4.39 Å². The monoisotopic (exact) mass is 1760 g/mol. The third-order valence-electron chi connectivity index (χ3n) is 25.0. The van der Waals surface area contributed by atoms with Crippen molar-refractivity contribution in [2.45, 2.75) is 232 Å². The summed E-state index contributed by atoms with van der Waals surface area (Å²) in [6.45, 7) is 52.2. The summed E-state index contributed by atoms with van der Waals surface area (Å²) in [5.41, 5.74) is 32.4. The average molecular weight is 1760 g/mol. The van der Waals surface area contributed by atoms with Crippen molar-refractivity contribution in [2.75, 3.05) is 6.67 Å². The predicted octanol–water partition coefficient (Wildman–Crippen LogP) is 26.4. The van der Waals surface area contributed by atoms with Crippen molar-refractivity contribution in [2.24, 2.45) is 40.7 Å². The zero-order valence-electron chi connectivity index (χ0n) is 81.5. The van der Waals surface area contributed by atoms with Crippen LogP contribution < -0.4 is 26.9 Å². The van der Waals surface area contributed by atoms with E-state index in [2.05, 4.69) is 274 Å². The van der Waals surface area contributed by atoms with Gasteiger partial charge >= 0.3 is 0 Å². The Morgan fingerprint density at radius 2 is 1.18 bits per heavy atom. The second kappa shape index (κ2) is 44.3. The lowest BCUT2D eigenvalue weighted by Crippen LogP contribution is -2.32. The SMILES string of the molecule is C=C1Cc2cccc(C(C)C)c2C1.CC(C)C1=CC(O)=CC2C=CNC12.CC(C)C1=CCc2ccc(F)cc21.CC(C)c1cc(=O)cc2[nH]ccn12.CC(C)c1cc(=O)cc2cc[nH]n12.CC(C)c1cc(O)cc2c1=NCN=2.CC(C)c1cc(O)cc2c1ccn2C.CC(C)c1cc(O)cc2cccn12.CC1=C(C(C)C)c2ccccc2C1.Cc1ccc2c(c1C(C)C)C=CC2. The fourth-order valence-corrected chi connectivity index (χ4v) is 18.6. The molecule has 0 bridgehead atoms. The molecule has 688 valence electrons. The van der Waals surface area contributed by atoms with Crippen molar-refractivity contribution in [3.05, 3.63) is 381 Å². The van der Waals surface area contributed by atoms with Gasteiger partial charge in [-0.3, -0.25) is 24.1 Å². The van der Waals surface area contributed by atoms with Crippen LogP contribution in [0.25, 0.3) is 44.8 Å². The first-order valence-electron chi connectivity index (χ1n) is 46.8. The number of aliphatic hydroxyl groups excluding tert-OH is 1. The number of aromatic nitrogens is 6. The van der Waals surface area contributed by atoms with E-state index < -0.39 is 0 Å². The van der Waals surface area contributed by atoms with Crippen LogP contribution in [0, 0.1) is 36.4 Å². The Hall–Kier alpha value is -12.7. The molecule has 0 radical (unpaired) electrons. The van der Waals surface area contributed by atoms with Crippen molar-refractivity contribution >= 4 is 44.8 Å². The third kappa shape index (κ3) is 24.5. The van der Waals surface area contributed by atoms with Gasteiger partial charge in [-0.1, -0.05) is 241 Å². The number of phenolic OH excluding ortho intramolecular Hbond substituents is 2. The quantitative estimate of drug-likeness (QED) is 0.0660. The van der Waals surface area contributed by atoms with Gasteiger partial charge in [0.25, 0.3) is 0 Å². The van der Waals surface area contributed by atoms with E-state index in [0.29, 0.717) is 95.1 Å². The molecule has 16 heteroatoms. The number of allylic oxidation sites excluding steroid dienone is 7. The largest absolute Gasteiger partial charge is 0.508 e. The summed E-state index contributed by atoms with van der Waals surface area (Å²) in [5, 5.41) is 47.4. The topological polar surface area (TPSA) is 202 Å². The molecule has 0 saturated heterocycles. The number of aryl methyl sites for hydroxylation is 2. The maximum Gasteiger partial charge on any atom is 0.184 e. The van der Waals surface area contributed by atoms with Crippen molar-refractivity contribution < 1.29 is 24.8 Å². The molecule has 7 aromatic heterocycles. The number of pyridine rings is 3. The summed E-state index contributed by atoms with van der Waals surface area (Å²) in [6, 6.07) is 50.6. The standard InChI is InChI=1S/3C13H16.C12H13F.C12H15NO.C11H15NO.C11H13NO.3C10H12N2O/c1-9(2)12-6-4-5-11-7-10(3)8-13(11)12;1-9(2)13-10(3)7-8-11-5-4-6-12(11)13;1-9(2)13-10(3)8-11-6-4-5-7-12(11)13;1-8(2)11-6-4-9-3-5-10(13)7-12(9)11;1-8(2)11-6-9(14)7-12-10(11)4-5-13(12)3;1-7(2)10-6-9(13)5-8-3-4-12-11(8)10;1-8(2)11-7-10(13)6-9-4-3-5-12(9)11;1-6(2)8-3-7(13)4-9-10(8)12-5-11-9;1-7(2)9-5-8(13)6-10-11-3-4-12(9)10;1-7(2)10-6-9(13)5-8-3-4-11-12(8)10/h4-6,9H,3,7-8H2,1-2H3;4,6-9H,5H2,1-3H3;4-7,9H,8H2,1-3H3;3,5-8H,4H2,1-2H3;4-8,14H,1-3H3;3-8,11-13H,1-2H3;3-8,13H,1-2H3;3-4,6,13H,5H2,1-2H3;2*3-7,11H,1-2H3. The van der Waals surface area contributed by atoms with Crippen LogP contribution in [0.1, 0.15) is 276 Å². The van der Waals surface area contributed by atoms with Gasteiger partial charge < -0.3 is 49.2 Å². The molecule has 2 aliphatic heterocycles. The van der Waals surface area contributed by atoms with Gasteiger partial charge in [0.15, 0.2) is 10.9 Å². The summed E-state index contributed by atoms with van der Waals surface area (Å²) < 4.78 is 21.0. The normalized spacial score (nSPS) is 14.9. The molecule has 0 fully saturated rings. The molecule has 131 heavy (non-hydrogen) atoms. The highest BCUT2D eigenvalue weighted by Crippen LogP contribution is 2.40. The number of hydrogen-bond acceptors (Lipinski definition) is 9. The number of nitrogens with zero attached hydrogens (tertiary/aromatic N) is 6. The number of phenols is 2. The first-order valence-corrected chi connectivity index (χ1v) is 46.8. The predicted molar refractivity (Wildman–Crippen MR) is 544 cm³/mol. The summed E-state index contributed by atoms with van der Waals surface area (Å²) in [5.74, 6) is 6.42. The Labute approximate surface area is 775 Å². The first-order chi connectivity index (χ1) is 62.3. The van der Waals surface area contributed by atoms with Crippen molar-refractivity contribution in [3.63, 3.8) is 0 Å². The minimum Gasteiger partial charge on any atom is -0.508 e. The minimum absolute atomic E-state index is 0.0613.